The molecule has 1 heterocycles. The largest absolute Gasteiger partial charge is 0.325 e. The summed E-state index contributed by atoms with van der Waals surface area (Å²) in [4.78, 5) is 11.9. The minimum absolute atomic E-state index is 0.0731. The van der Waals surface area contributed by atoms with Crippen molar-refractivity contribution in [3.8, 4) is 0 Å². The third-order valence-electron chi connectivity index (χ3n) is 3.01. The molecule has 7 heteroatoms. The summed E-state index contributed by atoms with van der Waals surface area (Å²) in [6, 6.07) is 5.08. The van der Waals surface area contributed by atoms with Crippen molar-refractivity contribution in [2.24, 2.45) is 5.92 Å². The van der Waals surface area contributed by atoms with E-state index in [9.17, 15) is 13.2 Å². The van der Waals surface area contributed by atoms with Crippen LogP contribution in [0.3, 0.4) is 0 Å². The molecule has 1 fully saturated rings. The summed E-state index contributed by atoms with van der Waals surface area (Å²) in [6.07, 6.45) is 0.797. The number of nitrogens with one attached hydrogen (secondary N) is 1. The number of carbonyl (C=O) groups is 1. The molecule has 104 valence electrons. The van der Waals surface area contributed by atoms with Crippen molar-refractivity contribution in [3.05, 3.63) is 27.7 Å². The predicted molar refractivity (Wildman–Crippen MR) is 79.2 cm³/mol. The molecule has 0 bridgehead atoms. The van der Waals surface area contributed by atoms with Gasteiger partial charge in [-0.25, -0.2) is 8.42 Å². The van der Waals surface area contributed by atoms with E-state index in [0.29, 0.717) is 21.6 Å². The van der Waals surface area contributed by atoms with Crippen LogP contribution in [-0.4, -0.2) is 25.8 Å². The maximum absolute atomic E-state index is 11.9. The Balaban J connectivity index is 1.95. The molecule has 4 nitrogen and oxygen atoms in total. The number of hydrogen-bond donors (Lipinski definition) is 1. The first-order chi connectivity index (χ1) is 8.85. The van der Waals surface area contributed by atoms with E-state index in [1.54, 1.807) is 18.2 Å². The van der Waals surface area contributed by atoms with E-state index in [-0.39, 0.29) is 29.8 Å². The molecule has 0 aromatic heterocycles. The molecule has 2 rings (SSSR count). The first kappa shape index (κ1) is 14.8. The van der Waals surface area contributed by atoms with Gasteiger partial charge in [-0.05, 0) is 46.5 Å². The lowest BCUT2D eigenvalue weighted by atomic mass is 10.1. The molecule has 0 spiro atoms. The summed E-state index contributed by atoms with van der Waals surface area (Å²) in [6.45, 7) is 0. The highest BCUT2D eigenvalue weighted by molar-refractivity contribution is 9.10. The number of anilines is 1. The van der Waals surface area contributed by atoms with Crippen molar-refractivity contribution in [2.75, 3.05) is 16.8 Å². The summed E-state index contributed by atoms with van der Waals surface area (Å²) >= 11 is 9.12. The predicted octanol–water partition coefficient (Wildman–Crippen LogP) is 2.87. The van der Waals surface area contributed by atoms with Gasteiger partial charge in [-0.1, -0.05) is 11.6 Å². The van der Waals surface area contributed by atoms with Crippen LogP contribution in [0.2, 0.25) is 5.02 Å². The van der Waals surface area contributed by atoms with E-state index in [2.05, 4.69) is 21.2 Å². The molecule has 19 heavy (non-hydrogen) atoms. The molecule has 1 atom stereocenters. The smallest absolute Gasteiger partial charge is 0.224 e. The van der Waals surface area contributed by atoms with Crippen LogP contribution in [0.25, 0.3) is 0 Å². The SMILES string of the molecule is O=C(CC1CCS(=O)(=O)C1)Nc1ccc(Cl)cc1Br. The van der Waals surface area contributed by atoms with Crippen LogP contribution in [0.15, 0.2) is 22.7 Å². The quantitative estimate of drug-likeness (QED) is 0.894. The normalized spacial score (nSPS) is 21.3. The van der Waals surface area contributed by atoms with Crippen molar-refractivity contribution in [1.82, 2.24) is 0 Å². The Bertz CT molecular complexity index is 603. The fourth-order valence-electron chi connectivity index (χ4n) is 2.09. The summed E-state index contributed by atoms with van der Waals surface area (Å²) in [5.74, 6) is 0.0545. The number of halogens is 2. The third kappa shape index (κ3) is 4.19. The number of carbonyl (C=O) groups excluding carboxylic acids is 1. The second-order valence-electron chi connectivity index (χ2n) is 4.65. The van der Waals surface area contributed by atoms with E-state index in [4.69, 9.17) is 11.6 Å². The lowest BCUT2D eigenvalue weighted by Crippen LogP contribution is -2.17. The summed E-state index contributed by atoms with van der Waals surface area (Å²) in [7, 11) is -2.93. The van der Waals surface area contributed by atoms with E-state index in [1.165, 1.54) is 0 Å². The molecule has 1 aromatic carbocycles. The van der Waals surface area contributed by atoms with Crippen molar-refractivity contribution in [2.45, 2.75) is 12.8 Å². The van der Waals surface area contributed by atoms with Crippen molar-refractivity contribution in [3.63, 3.8) is 0 Å². The number of amides is 1. The highest BCUT2D eigenvalue weighted by Crippen LogP contribution is 2.27. The van der Waals surface area contributed by atoms with Crippen molar-refractivity contribution >= 4 is 49.0 Å². The van der Waals surface area contributed by atoms with Crippen LogP contribution in [0.5, 0.6) is 0 Å². The molecule has 1 saturated heterocycles. The summed E-state index contributed by atoms with van der Waals surface area (Å²) in [5, 5.41) is 3.33. The van der Waals surface area contributed by atoms with Crippen LogP contribution < -0.4 is 5.32 Å². The van der Waals surface area contributed by atoms with Gasteiger partial charge in [0.15, 0.2) is 9.84 Å². The molecule has 1 unspecified atom stereocenters. The molecule has 0 saturated carbocycles. The zero-order chi connectivity index (χ0) is 14.0. The topological polar surface area (TPSA) is 63.2 Å². The van der Waals surface area contributed by atoms with E-state index < -0.39 is 9.84 Å². The highest BCUT2D eigenvalue weighted by atomic mass is 79.9. The van der Waals surface area contributed by atoms with Gasteiger partial charge in [0.1, 0.15) is 0 Å². The fraction of sp³-hybridized carbons (Fsp3) is 0.417. The minimum Gasteiger partial charge on any atom is -0.325 e. The Morgan fingerprint density at radius 2 is 2.21 bits per heavy atom. The molecular weight excluding hydrogens is 354 g/mol. The standard InChI is InChI=1S/C12H13BrClNO3S/c13-10-6-9(14)1-2-11(10)15-12(16)5-8-3-4-19(17,18)7-8/h1-2,6,8H,3-5,7H2,(H,15,16). The van der Waals surface area contributed by atoms with E-state index >= 15 is 0 Å². The van der Waals surface area contributed by atoms with Gasteiger partial charge in [0.05, 0.1) is 17.2 Å². The van der Waals surface area contributed by atoms with Crippen LogP contribution in [-0.2, 0) is 14.6 Å². The Labute approximate surface area is 125 Å². The lowest BCUT2D eigenvalue weighted by Gasteiger charge is -2.10. The number of benzene rings is 1. The second-order valence-corrected chi connectivity index (χ2v) is 8.17. The average Bonchev–Trinajstić information content (AvgIpc) is 2.62. The Morgan fingerprint density at radius 1 is 1.47 bits per heavy atom. The number of rotatable bonds is 3. The monoisotopic (exact) mass is 365 g/mol. The van der Waals surface area contributed by atoms with Crippen molar-refractivity contribution < 1.29 is 13.2 Å². The number of hydrogen-bond acceptors (Lipinski definition) is 3. The van der Waals surface area contributed by atoms with Gasteiger partial charge in [-0.2, -0.15) is 0 Å². The zero-order valence-corrected chi connectivity index (χ0v) is 13.2. The first-order valence-electron chi connectivity index (χ1n) is 5.81. The highest BCUT2D eigenvalue weighted by Gasteiger charge is 2.29. The van der Waals surface area contributed by atoms with E-state index in [0.717, 1.165) is 0 Å². The molecule has 1 aliphatic rings. The second kappa shape index (κ2) is 5.81. The molecular formula is C12H13BrClNO3S. The Morgan fingerprint density at radius 3 is 2.79 bits per heavy atom. The minimum atomic E-state index is -2.93. The maximum Gasteiger partial charge on any atom is 0.224 e. The molecule has 1 aromatic rings. The van der Waals surface area contributed by atoms with Gasteiger partial charge < -0.3 is 5.32 Å². The Kier molecular flexibility index (Phi) is 4.53. The zero-order valence-electron chi connectivity index (χ0n) is 10.0. The van der Waals surface area contributed by atoms with Crippen LogP contribution in [0, 0.1) is 5.92 Å². The molecule has 0 aliphatic carbocycles. The van der Waals surface area contributed by atoms with E-state index in [1.807, 2.05) is 0 Å². The first-order valence-corrected chi connectivity index (χ1v) is 8.80. The average molecular weight is 367 g/mol. The summed E-state index contributed by atoms with van der Waals surface area (Å²) < 4.78 is 23.3. The van der Waals surface area contributed by atoms with Gasteiger partial charge in [-0.15, -0.1) is 0 Å². The van der Waals surface area contributed by atoms with Gasteiger partial charge in [0.2, 0.25) is 5.91 Å². The maximum atomic E-state index is 11.9. The molecule has 1 N–H and O–H groups in total. The van der Waals surface area contributed by atoms with Crippen LogP contribution in [0.1, 0.15) is 12.8 Å². The van der Waals surface area contributed by atoms with Crippen molar-refractivity contribution in [1.29, 1.82) is 0 Å². The van der Waals surface area contributed by atoms with Crippen LogP contribution in [0.4, 0.5) is 5.69 Å². The Hall–Kier alpha value is -0.590. The lowest BCUT2D eigenvalue weighted by molar-refractivity contribution is -0.116. The van der Waals surface area contributed by atoms with Gasteiger partial charge in [0, 0.05) is 15.9 Å². The van der Waals surface area contributed by atoms with Gasteiger partial charge in [-0.3, -0.25) is 4.79 Å². The van der Waals surface area contributed by atoms with Gasteiger partial charge in [0.25, 0.3) is 0 Å². The number of sulfone groups is 1. The fourth-order valence-corrected chi connectivity index (χ4v) is 4.73. The molecule has 1 aliphatic heterocycles. The summed E-state index contributed by atoms with van der Waals surface area (Å²) in [5.41, 5.74) is 0.634. The van der Waals surface area contributed by atoms with Crippen LogP contribution >= 0.6 is 27.5 Å². The third-order valence-corrected chi connectivity index (χ3v) is 5.73. The molecule has 0 radical (unpaired) electrons. The van der Waals surface area contributed by atoms with Gasteiger partial charge >= 0.3 is 0 Å². The molecule has 1 amide bonds.